The summed E-state index contributed by atoms with van der Waals surface area (Å²) in [5, 5.41) is 6.56. The van der Waals surface area contributed by atoms with Crippen LogP contribution in [-0.2, 0) is 0 Å². The molecule has 5 nitrogen and oxygen atoms in total. The number of hydrogen-bond donors (Lipinski definition) is 2. The third-order valence-corrected chi connectivity index (χ3v) is 4.71. The van der Waals surface area contributed by atoms with Gasteiger partial charge < -0.3 is 20.4 Å². The van der Waals surface area contributed by atoms with E-state index in [1.807, 2.05) is 31.2 Å². The highest BCUT2D eigenvalue weighted by molar-refractivity contribution is 6.30. The van der Waals surface area contributed by atoms with Gasteiger partial charge in [-0.15, -0.1) is 0 Å². The van der Waals surface area contributed by atoms with Gasteiger partial charge in [0.05, 0.1) is 6.04 Å². The highest BCUT2D eigenvalue weighted by Gasteiger charge is 2.13. The number of amides is 2. The number of nitrogens with one attached hydrogen (secondary N) is 2. The van der Waals surface area contributed by atoms with Gasteiger partial charge in [-0.1, -0.05) is 23.7 Å². The van der Waals surface area contributed by atoms with Crippen LogP contribution in [0, 0.1) is 0 Å². The van der Waals surface area contributed by atoms with E-state index in [0.29, 0.717) is 11.6 Å². The van der Waals surface area contributed by atoms with Crippen LogP contribution in [0.2, 0.25) is 5.02 Å². The number of benzene rings is 1. The Labute approximate surface area is 150 Å². The summed E-state index contributed by atoms with van der Waals surface area (Å²) in [5.41, 5.74) is 1.01. The number of rotatable bonds is 7. The molecule has 1 aliphatic heterocycles. The number of urea groups is 1. The minimum atomic E-state index is -0.123. The Balaban J connectivity index is 1.56. The number of likely N-dealkylation sites (N-methyl/N-ethyl adjacent to an activating group) is 1. The average molecular weight is 353 g/mol. The van der Waals surface area contributed by atoms with Gasteiger partial charge >= 0.3 is 6.03 Å². The van der Waals surface area contributed by atoms with Crippen LogP contribution in [0.4, 0.5) is 4.79 Å². The zero-order valence-electron chi connectivity index (χ0n) is 14.7. The Morgan fingerprint density at radius 1 is 1.25 bits per heavy atom. The number of nitrogens with zero attached hydrogens (tertiary/aromatic N) is 2. The van der Waals surface area contributed by atoms with E-state index in [1.165, 1.54) is 0 Å². The number of carbonyl (C=O) groups excluding carboxylic acids is 1. The van der Waals surface area contributed by atoms with Crippen molar-refractivity contribution in [2.45, 2.75) is 25.8 Å². The normalized spacial score (nSPS) is 17.5. The molecule has 0 radical (unpaired) electrons. The van der Waals surface area contributed by atoms with Gasteiger partial charge in [0.15, 0.2) is 0 Å². The number of halogens is 1. The molecule has 2 N–H and O–H groups in total. The van der Waals surface area contributed by atoms with E-state index in [0.717, 1.165) is 51.1 Å². The molecule has 1 aliphatic rings. The molecule has 1 fully saturated rings. The fraction of sp³-hybridized carbons (Fsp3) is 0.611. The molecule has 0 unspecified atom stereocenters. The predicted molar refractivity (Wildman–Crippen MR) is 99.6 cm³/mol. The molecule has 1 atom stereocenters. The SMILES string of the molecule is C[C@@H](NC(=O)NCCCCN1CCN(C)CC1)c1cccc(Cl)c1. The van der Waals surface area contributed by atoms with Crippen LogP contribution in [0.1, 0.15) is 31.4 Å². The summed E-state index contributed by atoms with van der Waals surface area (Å²) in [6.45, 7) is 8.41. The molecule has 0 aromatic heterocycles. The van der Waals surface area contributed by atoms with E-state index in [2.05, 4.69) is 27.5 Å². The first-order valence-corrected chi connectivity index (χ1v) is 9.13. The second kappa shape index (κ2) is 9.87. The highest BCUT2D eigenvalue weighted by Crippen LogP contribution is 2.17. The molecule has 1 aromatic carbocycles. The number of piperazine rings is 1. The molecule has 1 saturated heterocycles. The van der Waals surface area contributed by atoms with Crippen molar-refractivity contribution in [3.05, 3.63) is 34.9 Å². The van der Waals surface area contributed by atoms with Crippen molar-refractivity contribution in [2.24, 2.45) is 0 Å². The molecule has 0 aliphatic carbocycles. The molecule has 0 spiro atoms. The van der Waals surface area contributed by atoms with Crippen LogP contribution in [0.5, 0.6) is 0 Å². The molecule has 1 heterocycles. The first kappa shape index (κ1) is 19.0. The van der Waals surface area contributed by atoms with E-state index in [-0.39, 0.29) is 12.1 Å². The Morgan fingerprint density at radius 3 is 2.71 bits per heavy atom. The smallest absolute Gasteiger partial charge is 0.315 e. The van der Waals surface area contributed by atoms with E-state index in [4.69, 9.17) is 11.6 Å². The molecule has 2 amide bonds. The minimum Gasteiger partial charge on any atom is -0.338 e. The Hall–Kier alpha value is -1.30. The number of unbranched alkanes of at least 4 members (excludes halogenated alkanes) is 1. The van der Waals surface area contributed by atoms with Crippen molar-refractivity contribution >= 4 is 17.6 Å². The quantitative estimate of drug-likeness (QED) is 0.742. The second-order valence-electron chi connectivity index (χ2n) is 6.53. The summed E-state index contributed by atoms with van der Waals surface area (Å²) in [7, 11) is 2.17. The van der Waals surface area contributed by atoms with Gasteiger partial charge in [0.2, 0.25) is 0 Å². The molecule has 2 rings (SSSR count). The van der Waals surface area contributed by atoms with Gasteiger partial charge in [0, 0.05) is 37.7 Å². The molecular weight excluding hydrogens is 324 g/mol. The molecule has 24 heavy (non-hydrogen) atoms. The summed E-state index contributed by atoms with van der Waals surface area (Å²) in [6.07, 6.45) is 2.12. The van der Waals surface area contributed by atoms with Crippen LogP contribution in [0.15, 0.2) is 24.3 Å². The highest BCUT2D eigenvalue weighted by atomic mass is 35.5. The van der Waals surface area contributed by atoms with Crippen LogP contribution < -0.4 is 10.6 Å². The van der Waals surface area contributed by atoms with Gasteiger partial charge in [-0.05, 0) is 51.1 Å². The lowest BCUT2D eigenvalue weighted by atomic mass is 10.1. The maximum Gasteiger partial charge on any atom is 0.315 e. The zero-order chi connectivity index (χ0) is 17.4. The molecule has 1 aromatic rings. The van der Waals surface area contributed by atoms with Crippen LogP contribution in [0.25, 0.3) is 0 Å². The van der Waals surface area contributed by atoms with Gasteiger partial charge in [-0.2, -0.15) is 0 Å². The fourth-order valence-electron chi connectivity index (χ4n) is 2.84. The Morgan fingerprint density at radius 2 is 2.00 bits per heavy atom. The molecule has 6 heteroatoms. The zero-order valence-corrected chi connectivity index (χ0v) is 15.5. The van der Waals surface area contributed by atoms with Crippen molar-refractivity contribution in [3.63, 3.8) is 0 Å². The summed E-state index contributed by atoms with van der Waals surface area (Å²) in [4.78, 5) is 16.8. The topological polar surface area (TPSA) is 47.6 Å². The number of carbonyl (C=O) groups is 1. The average Bonchev–Trinajstić information content (AvgIpc) is 2.56. The van der Waals surface area contributed by atoms with E-state index in [9.17, 15) is 4.79 Å². The van der Waals surface area contributed by atoms with Crippen LogP contribution >= 0.6 is 11.6 Å². The lowest BCUT2D eigenvalue weighted by Crippen LogP contribution is -2.44. The van der Waals surface area contributed by atoms with Crippen LogP contribution in [0.3, 0.4) is 0 Å². The summed E-state index contributed by atoms with van der Waals surface area (Å²) in [6, 6.07) is 7.39. The molecular formula is C18H29ClN4O. The van der Waals surface area contributed by atoms with Crippen molar-refractivity contribution < 1.29 is 4.79 Å². The largest absolute Gasteiger partial charge is 0.338 e. The Bertz CT molecular complexity index is 517. The van der Waals surface area contributed by atoms with Gasteiger partial charge in [0.1, 0.15) is 0 Å². The summed E-state index contributed by atoms with van der Waals surface area (Å²) >= 11 is 5.98. The Kier molecular flexibility index (Phi) is 7.82. The predicted octanol–water partition coefficient (Wildman–Crippen LogP) is 2.73. The monoisotopic (exact) mass is 352 g/mol. The maximum absolute atomic E-state index is 11.9. The van der Waals surface area contributed by atoms with E-state index < -0.39 is 0 Å². The lowest BCUT2D eigenvalue weighted by molar-refractivity contribution is 0.152. The molecule has 0 saturated carbocycles. The van der Waals surface area contributed by atoms with Crippen molar-refractivity contribution in [1.82, 2.24) is 20.4 Å². The van der Waals surface area contributed by atoms with Crippen molar-refractivity contribution in [2.75, 3.05) is 46.3 Å². The third-order valence-electron chi connectivity index (χ3n) is 4.48. The molecule has 0 bridgehead atoms. The number of hydrogen-bond acceptors (Lipinski definition) is 3. The lowest BCUT2D eigenvalue weighted by Gasteiger charge is -2.32. The van der Waals surface area contributed by atoms with Crippen molar-refractivity contribution in [3.8, 4) is 0 Å². The minimum absolute atomic E-state index is 0.0611. The maximum atomic E-state index is 11.9. The first-order valence-electron chi connectivity index (χ1n) is 8.75. The van der Waals surface area contributed by atoms with E-state index in [1.54, 1.807) is 0 Å². The molecule has 134 valence electrons. The standard InChI is InChI=1S/C18H29ClN4O/c1-15(16-6-5-7-17(19)14-16)21-18(24)20-8-3-4-9-23-12-10-22(2)11-13-23/h5-7,14-15H,3-4,8-13H2,1-2H3,(H2,20,21,24)/t15-/m1/s1. The van der Waals surface area contributed by atoms with Gasteiger partial charge in [-0.25, -0.2) is 4.79 Å². The van der Waals surface area contributed by atoms with Gasteiger partial charge in [-0.3, -0.25) is 0 Å². The second-order valence-corrected chi connectivity index (χ2v) is 6.97. The fourth-order valence-corrected chi connectivity index (χ4v) is 3.04. The summed E-state index contributed by atoms with van der Waals surface area (Å²) < 4.78 is 0. The van der Waals surface area contributed by atoms with Crippen LogP contribution in [-0.4, -0.2) is 62.1 Å². The van der Waals surface area contributed by atoms with Gasteiger partial charge in [0.25, 0.3) is 0 Å². The third kappa shape index (κ3) is 6.67. The van der Waals surface area contributed by atoms with E-state index >= 15 is 0 Å². The van der Waals surface area contributed by atoms with Crippen molar-refractivity contribution in [1.29, 1.82) is 0 Å². The summed E-state index contributed by atoms with van der Waals surface area (Å²) in [5.74, 6) is 0. The first-order chi connectivity index (χ1) is 11.5.